The monoisotopic (exact) mass is 377 g/mol. The van der Waals surface area contributed by atoms with E-state index >= 15 is 0 Å². The van der Waals surface area contributed by atoms with Gasteiger partial charge in [0.2, 0.25) is 0 Å². The van der Waals surface area contributed by atoms with Crippen molar-refractivity contribution in [2.75, 3.05) is 20.2 Å². The predicted octanol–water partition coefficient (Wildman–Crippen LogP) is 2.56. The fraction of sp³-hybridized carbons (Fsp3) is 0.500. The number of ether oxygens (including phenoxy) is 1. The molecule has 0 saturated carbocycles. The largest absolute Gasteiger partial charge is 0.496 e. The Labute approximate surface area is 132 Å². The Morgan fingerprint density at radius 2 is 2.11 bits per heavy atom. The van der Waals surface area contributed by atoms with Crippen LogP contribution in [-0.4, -0.2) is 26.2 Å². The van der Waals surface area contributed by atoms with E-state index in [1.807, 2.05) is 18.2 Å². The zero-order valence-electron chi connectivity index (χ0n) is 11.7. The molecule has 0 aliphatic rings. The first-order valence-corrected chi connectivity index (χ1v) is 6.43. The van der Waals surface area contributed by atoms with Crippen LogP contribution in [0.4, 0.5) is 0 Å². The molecule has 0 saturated heterocycles. The molecule has 0 aliphatic carbocycles. The molecule has 0 atom stereocenters. The van der Waals surface area contributed by atoms with Gasteiger partial charge < -0.3 is 15.8 Å². The van der Waals surface area contributed by atoms with Crippen LogP contribution in [0.25, 0.3) is 0 Å². The summed E-state index contributed by atoms with van der Waals surface area (Å²) in [6, 6.07) is 8.01. The zero-order chi connectivity index (χ0) is 13.2. The van der Waals surface area contributed by atoms with Gasteiger partial charge >= 0.3 is 0 Å². The van der Waals surface area contributed by atoms with Crippen molar-refractivity contribution in [2.45, 2.75) is 26.2 Å². The Morgan fingerprint density at radius 1 is 1.37 bits per heavy atom. The maximum Gasteiger partial charge on any atom is 0.188 e. The van der Waals surface area contributed by atoms with Crippen molar-refractivity contribution in [3.05, 3.63) is 29.8 Å². The summed E-state index contributed by atoms with van der Waals surface area (Å²) >= 11 is 0. The van der Waals surface area contributed by atoms with E-state index in [2.05, 4.69) is 23.3 Å². The lowest BCUT2D eigenvalue weighted by Crippen LogP contribution is -2.33. The smallest absolute Gasteiger partial charge is 0.188 e. The number of para-hydroxylation sites is 1. The second kappa shape index (κ2) is 10.9. The van der Waals surface area contributed by atoms with Gasteiger partial charge in [0, 0.05) is 13.1 Å². The lowest BCUT2D eigenvalue weighted by atomic mass is 10.1. The molecule has 1 rings (SSSR count). The fourth-order valence-corrected chi connectivity index (χ4v) is 1.65. The Balaban J connectivity index is 0.00000324. The van der Waals surface area contributed by atoms with Crippen LogP contribution in [0.1, 0.15) is 25.3 Å². The minimum atomic E-state index is 0. The van der Waals surface area contributed by atoms with Crippen molar-refractivity contribution in [2.24, 2.45) is 10.7 Å². The minimum Gasteiger partial charge on any atom is -0.496 e. The van der Waals surface area contributed by atoms with Gasteiger partial charge in [-0.15, -0.1) is 24.0 Å². The Morgan fingerprint density at radius 3 is 2.79 bits per heavy atom. The first-order valence-electron chi connectivity index (χ1n) is 6.43. The Kier molecular flexibility index (Phi) is 10.3. The Hall–Kier alpha value is -0.980. The molecular weight excluding hydrogens is 353 g/mol. The average molecular weight is 377 g/mol. The van der Waals surface area contributed by atoms with Gasteiger partial charge in [0.1, 0.15) is 5.75 Å². The molecule has 1 aromatic carbocycles. The van der Waals surface area contributed by atoms with Gasteiger partial charge in [0.05, 0.1) is 7.11 Å². The quantitative estimate of drug-likeness (QED) is 0.332. The van der Waals surface area contributed by atoms with Crippen LogP contribution < -0.4 is 15.8 Å². The highest BCUT2D eigenvalue weighted by atomic mass is 127. The second-order valence-corrected chi connectivity index (χ2v) is 4.11. The van der Waals surface area contributed by atoms with E-state index in [9.17, 15) is 0 Å². The van der Waals surface area contributed by atoms with Gasteiger partial charge in [0.15, 0.2) is 5.96 Å². The topological polar surface area (TPSA) is 59.6 Å². The molecule has 0 bridgehead atoms. The minimum absolute atomic E-state index is 0. The van der Waals surface area contributed by atoms with Gasteiger partial charge in [-0.3, -0.25) is 4.99 Å². The number of benzene rings is 1. The van der Waals surface area contributed by atoms with Crippen molar-refractivity contribution in [1.82, 2.24) is 5.32 Å². The molecule has 0 spiro atoms. The molecule has 0 amide bonds. The SMILES string of the molecule is CCCCN=C(N)NCCc1ccccc1OC.I. The molecule has 1 aromatic rings. The Bertz CT molecular complexity index is 383. The summed E-state index contributed by atoms with van der Waals surface area (Å²) < 4.78 is 5.29. The maximum atomic E-state index is 5.76. The number of halogens is 1. The molecule has 108 valence electrons. The molecule has 0 heterocycles. The molecule has 19 heavy (non-hydrogen) atoms. The normalized spacial score (nSPS) is 10.7. The maximum absolute atomic E-state index is 5.76. The number of nitrogens with two attached hydrogens (primary N) is 1. The van der Waals surface area contributed by atoms with E-state index in [-0.39, 0.29) is 24.0 Å². The van der Waals surface area contributed by atoms with Crippen LogP contribution >= 0.6 is 24.0 Å². The lowest BCUT2D eigenvalue weighted by molar-refractivity contribution is 0.409. The molecule has 5 heteroatoms. The fourth-order valence-electron chi connectivity index (χ4n) is 1.65. The molecule has 0 aromatic heterocycles. The van der Waals surface area contributed by atoms with E-state index in [0.29, 0.717) is 5.96 Å². The second-order valence-electron chi connectivity index (χ2n) is 4.11. The molecule has 4 nitrogen and oxygen atoms in total. The van der Waals surface area contributed by atoms with Crippen molar-refractivity contribution < 1.29 is 4.74 Å². The third kappa shape index (κ3) is 7.25. The van der Waals surface area contributed by atoms with E-state index in [1.165, 1.54) is 5.56 Å². The number of methoxy groups -OCH3 is 1. The van der Waals surface area contributed by atoms with Crippen molar-refractivity contribution in [3.63, 3.8) is 0 Å². The standard InChI is InChI=1S/C14H23N3O.HI/c1-3-4-10-16-14(15)17-11-9-12-7-5-6-8-13(12)18-2;/h5-8H,3-4,9-11H2,1-2H3,(H3,15,16,17);1H. The summed E-state index contributed by atoms with van der Waals surface area (Å²) in [6.07, 6.45) is 3.08. The van der Waals surface area contributed by atoms with Crippen LogP contribution in [0.3, 0.4) is 0 Å². The van der Waals surface area contributed by atoms with Crippen LogP contribution in [0.5, 0.6) is 5.75 Å². The first-order chi connectivity index (χ1) is 8.77. The third-order valence-electron chi connectivity index (χ3n) is 2.69. The van der Waals surface area contributed by atoms with Crippen LogP contribution in [-0.2, 0) is 6.42 Å². The van der Waals surface area contributed by atoms with E-state index < -0.39 is 0 Å². The molecule has 3 N–H and O–H groups in total. The number of guanidine groups is 1. The van der Waals surface area contributed by atoms with E-state index in [4.69, 9.17) is 10.5 Å². The number of hydrogen-bond donors (Lipinski definition) is 2. The van der Waals surface area contributed by atoms with E-state index in [1.54, 1.807) is 7.11 Å². The molecule has 0 unspecified atom stereocenters. The number of unbranched alkanes of at least 4 members (excludes halogenated alkanes) is 1. The number of nitrogens with one attached hydrogen (secondary N) is 1. The summed E-state index contributed by atoms with van der Waals surface area (Å²) in [5.41, 5.74) is 6.93. The summed E-state index contributed by atoms with van der Waals surface area (Å²) in [6.45, 7) is 3.70. The number of aliphatic imine (C=N–C) groups is 1. The molecule has 0 radical (unpaired) electrons. The van der Waals surface area contributed by atoms with Gasteiger partial charge in [-0.1, -0.05) is 31.5 Å². The summed E-state index contributed by atoms with van der Waals surface area (Å²) in [5.74, 6) is 1.44. The van der Waals surface area contributed by atoms with Crippen LogP contribution in [0, 0.1) is 0 Å². The van der Waals surface area contributed by atoms with Crippen LogP contribution in [0.15, 0.2) is 29.3 Å². The van der Waals surface area contributed by atoms with E-state index in [0.717, 1.165) is 38.1 Å². The predicted molar refractivity (Wildman–Crippen MR) is 91.5 cm³/mol. The number of hydrogen-bond acceptors (Lipinski definition) is 2. The zero-order valence-corrected chi connectivity index (χ0v) is 14.0. The van der Waals surface area contributed by atoms with Crippen molar-refractivity contribution in [3.8, 4) is 5.75 Å². The van der Waals surface area contributed by atoms with Crippen molar-refractivity contribution >= 4 is 29.9 Å². The highest BCUT2D eigenvalue weighted by Crippen LogP contribution is 2.16. The first kappa shape index (κ1) is 18.0. The summed E-state index contributed by atoms with van der Waals surface area (Å²) in [7, 11) is 1.69. The summed E-state index contributed by atoms with van der Waals surface area (Å²) in [4.78, 5) is 4.24. The molecule has 0 aliphatic heterocycles. The van der Waals surface area contributed by atoms with Gasteiger partial charge in [-0.2, -0.15) is 0 Å². The highest BCUT2D eigenvalue weighted by molar-refractivity contribution is 14.0. The van der Waals surface area contributed by atoms with Gasteiger partial charge in [0.25, 0.3) is 0 Å². The molecule has 0 fully saturated rings. The van der Waals surface area contributed by atoms with Crippen molar-refractivity contribution in [1.29, 1.82) is 0 Å². The van der Waals surface area contributed by atoms with Crippen LogP contribution in [0.2, 0.25) is 0 Å². The van der Waals surface area contributed by atoms with Gasteiger partial charge in [-0.05, 0) is 24.5 Å². The third-order valence-corrected chi connectivity index (χ3v) is 2.69. The van der Waals surface area contributed by atoms with Gasteiger partial charge in [-0.25, -0.2) is 0 Å². The molecular formula is C14H24IN3O. The highest BCUT2D eigenvalue weighted by Gasteiger charge is 2.01. The lowest BCUT2D eigenvalue weighted by Gasteiger charge is -2.09. The number of nitrogens with zero attached hydrogens (tertiary/aromatic N) is 1. The average Bonchev–Trinajstić information content (AvgIpc) is 2.39. The number of rotatable bonds is 7. The summed E-state index contributed by atoms with van der Waals surface area (Å²) in [5, 5.41) is 3.11.